The lowest BCUT2D eigenvalue weighted by molar-refractivity contribution is -0.192. The molecule has 2 saturated heterocycles. The second-order valence-electron chi connectivity index (χ2n) is 7.60. The van der Waals surface area contributed by atoms with Gasteiger partial charge in [-0.25, -0.2) is 4.79 Å². The fourth-order valence-electron chi connectivity index (χ4n) is 4.27. The molecule has 0 saturated carbocycles. The highest BCUT2D eigenvalue weighted by atomic mass is 19.4. The van der Waals surface area contributed by atoms with Gasteiger partial charge in [0.2, 0.25) is 0 Å². The molecule has 0 radical (unpaired) electrons. The van der Waals surface area contributed by atoms with E-state index in [1.54, 1.807) is 7.11 Å². The van der Waals surface area contributed by atoms with E-state index in [0.717, 1.165) is 43.6 Å². The number of carboxylic acids is 1. The fourth-order valence-corrected chi connectivity index (χ4v) is 4.27. The van der Waals surface area contributed by atoms with Crippen LogP contribution in [0.1, 0.15) is 23.9 Å². The maximum absolute atomic E-state index is 13.1. The summed E-state index contributed by atoms with van der Waals surface area (Å²) in [5.41, 5.74) is 0.769. The van der Waals surface area contributed by atoms with Gasteiger partial charge in [0, 0.05) is 38.0 Å². The van der Waals surface area contributed by atoms with Gasteiger partial charge in [-0.1, -0.05) is 25.1 Å². The van der Waals surface area contributed by atoms with Crippen LogP contribution in [0, 0.1) is 5.92 Å². The van der Waals surface area contributed by atoms with Crippen LogP contribution in [0.5, 0.6) is 0 Å². The predicted molar refractivity (Wildman–Crippen MR) is 106 cm³/mol. The zero-order valence-corrected chi connectivity index (χ0v) is 17.3. The smallest absolute Gasteiger partial charge is 0.475 e. The first kappa shape index (κ1) is 23.1. The number of carbonyl (C=O) groups excluding carboxylic acids is 1. The van der Waals surface area contributed by atoms with E-state index in [2.05, 4.69) is 11.8 Å². The zero-order valence-electron chi connectivity index (χ0n) is 17.3. The minimum Gasteiger partial charge on any atom is -0.475 e. The molecule has 0 aliphatic carbocycles. The Labute approximate surface area is 177 Å². The number of fused-ring (bicyclic) bond motifs is 2. The normalized spacial score (nSPS) is 23.9. The van der Waals surface area contributed by atoms with Crippen molar-refractivity contribution >= 4 is 22.8 Å². The van der Waals surface area contributed by atoms with E-state index in [-0.39, 0.29) is 18.1 Å². The van der Waals surface area contributed by atoms with Gasteiger partial charge in [0.1, 0.15) is 5.58 Å². The summed E-state index contributed by atoms with van der Waals surface area (Å²) in [5.74, 6) is -1.92. The van der Waals surface area contributed by atoms with E-state index < -0.39 is 12.1 Å². The van der Waals surface area contributed by atoms with Crippen LogP contribution in [0.15, 0.2) is 34.7 Å². The van der Waals surface area contributed by atoms with Crippen LogP contribution in [0.2, 0.25) is 0 Å². The van der Waals surface area contributed by atoms with Crippen molar-refractivity contribution in [1.29, 1.82) is 0 Å². The Morgan fingerprint density at radius 3 is 2.52 bits per heavy atom. The molecule has 170 valence electrons. The van der Waals surface area contributed by atoms with Crippen molar-refractivity contribution in [2.45, 2.75) is 31.7 Å². The van der Waals surface area contributed by atoms with Crippen molar-refractivity contribution in [3.05, 3.63) is 36.1 Å². The number of hydrogen-bond acceptors (Lipinski definition) is 5. The van der Waals surface area contributed by atoms with Gasteiger partial charge in [-0.05, 0) is 25.1 Å². The second kappa shape index (κ2) is 9.27. The molecule has 1 aromatic heterocycles. The van der Waals surface area contributed by atoms with E-state index in [4.69, 9.17) is 19.1 Å². The predicted octanol–water partition coefficient (Wildman–Crippen LogP) is 3.25. The summed E-state index contributed by atoms with van der Waals surface area (Å²) in [6.45, 7) is 5.84. The number of carbonyl (C=O) groups is 2. The molecule has 2 fully saturated rings. The zero-order chi connectivity index (χ0) is 22.8. The number of halogens is 3. The Balaban J connectivity index is 0.000000339. The van der Waals surface area contributed by atoms with E-state index in [0.29, 0.717) is 11.7 Å². The number of likely N-dealkylation sites (tertiary alicyclic amines) is 2. The highest BCUT2D eigenvalue weighted by molar-refractivity contribution is 5.96. The number of hydrogen-bond donors (Lipinski definition) is 1. The number of carboxylic acid groups (broad SMARTS) is 1. The van der Waals surface area contributed by atoms with Gasteiger partial charge < -0.3 is 24.1 Å². The molecule has 1 N–H and O–H groups in total. The molecule has 0 spiro atoms. The van der Waals surface area contributed by atoms with E-state index >= 15 is 0 Å². The van der Waals surface area contributed by atoms with Crippen LogP contribution in [0.25, 0.3) is 11.0 Å². The summed E-state index contributed by atoms with van der Waals surface area (Å²) in [6.07, 6.45) is -3.95. The Morgan fingerprint density at radius 1 is 1.26 bits per heavy atom. The van der Waals surface area contributed by atoms with Crippen LogP contribution < -0.4 is 0 Å². The molecule has 2 aromatic rings. The largest absolute Gasteiger partial charge is 0.490 e. The van der Waals surface area contributed by atoms with Crippen molar-refractivity contribution in [3.8, 4) is 0 Å². The molecular formula is C21H25F3N2O5. The third kappa shape index (κ3) is 5.01. The Bertz CT molecular complexity index is 896. The first-order chi connectivity index (χ1) is 14.7. The maximum atomic E-state index is 13.1. The Hall–Kier alpha value is -2.59. The molecule has 1 amide bonds. The van der Waals surface area contributed by atoms with Crippen molar-refractivity contribution < 1.29 is 37.0 Å². The number of para-hydroxylation sites is 1. The third-order valence-electron chi connectivity index (χ3n) is 5.83. The lowest BCUT2D eigenvalue weighted by Gasteiger charge is -2.40. The van der Waals surface area contributed by atoms with Crippen LogP contribution in [0.4, 0.5) is 13.2 Å². The molecule has 3 atom stereocenters. The topological polar surface area (TPSA) is 83.2 Å². The van der Waals surface area contributed by atoms with E-state index in [9.17, 15) is 18.0 Å². The van der Waals surface area contributed by atoms with Gasteiger partial charge >= 0.3 is 12.1 Å². The molecule has 7 nitrogen and oxygen atoms in total. The number of rotatable bonds is 3. The number of furan rings is 1. The average Bonchev–Trinajstić information content (AvgIpc) is 3.36. The highest BCUT2D eigenvalue weighted by Gasteiger charge is 2.46. The number of methoxy groups -OCH3 is 1. The fraction of sp³-hybridized carbons (Fsp3) is 0.524. The van der Waals surface area contributed by atoms with Crippen molar-refractivity contribution in [3.63, 3.8) is 0 Å². The molecule has 0 unspecified atom stereocenters. The minimum absolute atomic E-state index is 0.00806. The van der Waals surface area contributed by atoms with Gasteiger partial charge in [-0.2, -0.15) is 13.2 Å². The summed E-state index contributed by atoms with van der Waals surface area (Å²) in [6, 6.07) is 9.84. The van der Waals surface area contributed by atoms with Crippen LogP contribution >= 0.6 is 0 Å². The van der Waals surface area contributed by atoms with Gasteiger partial charge in [-0.15, -0.1) is 0 Å². The number of likely N-dealkylation sites (N-methyl/N-ethyl adjacent to an activating group) is 1. The molecule has 2 aliphatic heterocycles. The number of piperidine rings is 1. The van der Waals surface area contributed by atoms with Gasteiger partial charge in [0.05, 0.1) is 12.1 Å². The average molecular weight is 442 g/mol. The first-order valence-electron chi connectivity index (χ1n) is 10.0. The lowest BCUT2D eigenvalue weighted by atomic mass is 9.89. The summed E-state index contributed by atoms with van der Waals surface area (Å²) in [7, 11) is 1.78. The quantitative estimate of drug-likeness (QED) is 0.786. The lowest BCUT2D eigenvalue weighted by Crippen LogP contribution is -2.53. The Kier molecular flexibility index (Phi) is 6.90. The molecule has 1 aromatic carbocycles. The molecule has 3 heterocycles. The minimum atomic E-state index is -5.08. The van der Waals surface area contributed by atoms with Gasteiger partial charge in [0.25, 0.3) is 5.91 Å². The van der Waals surface area contributed by atoms with Crippen molar-refractivity contribution in [1.82, 2.24) is 9.80 Å². The number of ether oxygens (including phenoxy) is 1. The number of amides is 1. The Morgan fingerprint density at radius 2 is 1.94 bits per heavy atom. The molecule has 10 heteroatoms. The van der Waals surface area contributed by atoms with Crippen molar-refractivity contribution in [2.24, 2.45) is 5.92 Å². The first-order valence-corrected chi connectivity index (χ1v) is 10.0. The van der Waals surface area contributed by atoms with Crippen molar-refractivity contribution in [2.75, 3.05) is 33.3 Å². The molecule has 31 heavy (non-hydrogen) atoms. The van der Waals surface area contributed by atoms with Gasteiger partial charge in [0.15, 0.2) is 5.76 Å². The summed E-state index contributed by atoms with van der Waals surface area (Å²) >= 11 is 0. The summed E-state index contributed by atoms with van der Waals surface area (Å²) < 4.78 is 43.2. The number of aliphatic carboxylic acids is 1. The maximum Gasteiger partial charge on any atom is 0.490 e. The molecule has 0 bridgehead atoms. The monoisotopic (exact) mass is 442 g/mol. The molecule has 4 rings (SSSR count). The number of alkyl halides is 3. The number of benzene rings is 1. The van der Waals surface area contributed by atoms with Crippen LogP contribution in [-0.4, -0.2) is 78.4 Å². The van der Waals surface area contributed by atoms with Crippen LogP contribution in [0.3, 0.4) is 0 Å². The van der Waals surface area contributed by atoms with E-state index in [1.807, 2.05) is 35.2 Å². The molecular weight excluding hydrogens is 417 g/mol. The van der Waals surface area contributed by atoms with E-state index in [1.165, 1.54) is 0 Å². The molecule has 2 aliphatic rings. The van der Waals surface area contributed by atoms with Gasteiger partial charge in [-0.3, -0.25) is 4.79 Å². The summed E-state index contributed by atoms with van der Waals surface area (Å²) in [5, 5.41) is 8.10. The second-order valence-corrected chi connectivity index (χ2v) is 7.60. The highest BCUT2D eigenvalue weighted by Crippen LogP contribution is 2.34. The summed E-state index contributed by atoms with van der Waals surface area (Å²) in [4.78, 5) is 26.4. The standard InChI is InChI=1S/C19H24N2O3.C2HF3O2/c1-3-20-11-14-15(12-20)21(9-8-17(14)23-2)19(22)18-10-13-6-4-5-7-16(13)24-18;3-2(4,5)1(6)7/h4-7,10,14-15,17H,3,8-9,11-12H2,1-2H3;(H,6,7)/t14-,15+,17+;/m0./s1. The third-order valence-corrected chi connectivity index (χ3v) is 5.83. The van der Waals surface area contributed by atoms with Crippen LogP contribution in [-0.2, 0) is 9.53 Å². The number of nitrogens with zero attached hydrogens (tertiary/aromatic N) is 2. The SMILES string of the molecule is CCN1C[C@H]2[C@@H](C1)N(C(=O)c1cc3ccccc3o1)CC[C@H]2OC.O=C(O)C(F)(F)F.